The Morgan fingerprint density at radius 3 is 2.61 bits per heavy atom. The molecule has 2 unspecified atom stereocenters. The molecule has 23 heavy (non-hydrogen) atoms. The first-order valence-electron chi connectivity index (χ1n) is 7.69. The van der Waals surface area contributed by atoms with Crippen LogP contribution in [0.4, 0.5) is 0 Å². The lowest BCUT2D eigenvalue weighted by atomic mass is 9.96. The van der Waals surface area contributed by atoms with E-state index in [-0.39, 0.29) is 24.4 Å². The smallest absolute Gasteiger partial charge is 0.239 e. The van der Waals surface area contributed by atoms with E-state index in [0.717, 1.165) is 17.7 Å². The van der Waals surface area contributed by atoms with Crippen molar-refractivity contribution in [1.82, 2.24) is 10.2 Å². The second kappa shape index (κ2) is 9.75. The number of hydrogen-bond acceptors (Lipinski definition) is 4. The zero-order valence-corrected chi connectivity index (χ0v) is 15.6. The Bertz CT molecular complexity index is 492. The third-order valence-electron chi connectivity index (χ3n) is 3.85. The highest BCUT2D eigenvalue weighted by Gasteiger charge is 2.28. The van der Waals surface area contributed by atoms with Crippen LogP contribution in [0.2, 0.25) is 0 Å². The molecular weight excluding hydrogens is 314 g/mol. The van der Waals surface area contributed by atoms with Crippen molar-refractivity contribution in [3.8, 4) is 5.75 Å². The summed E-state index contributed by atoms with van der Waals surface area (Å²) < 4.78 is 5.27. The van der Waals surface area contributed by atoms with Gasteiger partial charge < -0.3 is 20.7 Å². The maximum absolute atomic E-state index is 12.3. The number of carbonyl (C=O) groups excluding carboxylic acids is 1. The van der Waals surface area contributed by atoms with E-state index in [1.54, 1.807) is 14.0 Å². The van der Waals surface area contributed by atoms with Crippen molar-refractivity contribution < 1.29 is 9.53 Å². The van der Waals surface area contributed by atoms with Crippen LogP contribution in [-0.2, 0) is 4.79 Å². The molecule has 0 aliphatic rings. The summed E-state index contributed by atoms with van der Waals surface area (Å²) in [6.07, 6.45) is 1.55. The van der Waals surface area contributed by atoms with E-state index in [1.807, 2.05) is 45.3 Å². The van der Waals surface area contributed by atoms with Gasteiger partial charge in [-0.3, -0.25) is 4.79 Å². The summed E-state index contributed by atoms with van der Waals surface area (Å²) in [6.45, 7) is 4.31. The Morgan fingerprint density at radius 1 is 1.43 bits per heavy atom. The number of halogens is 1. The molecule has 0 fully saturated rings. The minimum Gasteiger partial charge on any atom is -0.497 e. The number of hydrogen-bond donors (Lipinski definition) is 2. The fourth-order valence-electron chi connectivity index (χ4n) is 2.47. The fourth-order valence-corrected chi connectivity index (χ4v) is 2.47. The van der Waals surface area contributed by atoms with E-state index < -0.39 is 5.54 Å². The van der Waals surface area contributed by atoms with E-state index in [4.69, 9.17) is 10.5 Å². The predicted molar refractivity (Wildman–Crippen MR) is 97.2 cm³/mol. The number of nitrogens with one attached hydrogen (secondary N) is 1. The van der Waals surface area contributed by atoms with Crippen LogP contribution in [0, 0.1) is 0 Å². The molecular formula is C17H30ClN3O2. The van der Waals surface area contributed by atoms with Gasteiger partial charge in [0.1, 0.15) is 5.75 Å². The van der Waals surface area contributed by atoms with E-state index >= 15 is 0 Å². The molecule has 132 valence electrons. The molecule has 0 saturated heterocycles. The average Bonchev–Trinajstić information content (AvgIpc) is 2.47. The third kappa shape index (κ3) is 6.37. The number of nitrogens with two attached hydrogens (primary N) is 1. The van der Waals surface area contributed by atoms with Gasteiger partial charge in [-0.05, 0) is 45.1 Å². The Balaban J connectivity index is 0.00000484. The molecule has 3 N–H and O–H groups in total. The minimum atomic E-state index is -0.819. The fraction of sp³-hybridized carbons (Fsp3) is 0.588. The topological polar surface area (TPSA) is 67.6 Å². The second-order valence-electron chi connectivity index (χ2n) is 6.13. The van der Waals surface area contributed by atoms with Gasteiger partial charge in [0.2, 0.25) is 5.91 Å². The van der Waals surface area contributed by atoms with Crippen LogP contribution < -0.4 is 15.8 Å². The molecule has 1 aromatic rings. The molecule has 0 heterocycles. The first-order valence-corrected chi connectivity index (χ1v) is 7.69. The molecule has 0 aromatic heterocycles. The summed E-state index contributed by atoms with van der Waals surface area (Å²) >= 11 is 0. The van der Waals surface area contributed by atoms with Crippen LogP contribution in [-0.4, -0.2) is 44.1 Å². The summed E-state index contributed by atoms with van der Waals surface area (Å²) in [4.78, 5) is 14.3. The van der Waals surface area contributed by atoms with Gasteiger partial charge in [0.15, 0.2) is 0 Å². The van der Waals surface area contributed by atoms with Crippen molar-refractivity contribution in [2.45, 2.75) is 38.3 Å². The van der Waals surface area contributed by atoms with Crippen LogP contribution in [0.1, 0.15) is 38.3 Å². The van der Waals surface area contributed by atoms with E-state index in [0.29, 0.717) is 13.0 Å². The zero-order chi connectivity index (χ0) is 16.8. The lowest BCUT2D eigenvalue weighted by Crippen LogP contribution is -2.52. The number of methoxy groups -OCH3 is 1. The number of carbonyl (C=O) groups is 1. The quantitative estimate of drug-likeness (QED) is 0.760. The molecule has 0 saturated carbocycles. The first kappa shape index (κ1) is 21.7. The molecule has 2 atom stereocenters. The van der Waals surface area contributed by atoms with Gasteiger partial charge in [0, 0.05) is 6.54 Å². The van der Waals surface area contributed by atoms with Gasteiger partial charge in [-0.25, -0.2) is 0 Å². The standard InChI is InChI=1S/C17H29N3O2.ClH/c1-6-10-17(2,18)16(21)19-12-15(20(3)4)13-8-7-9-14(11-13)22-5;/h7-9,11,15H,6,10,12,18H2,1-5H3,(H,19,21);1H. The van der Waals surface area contributed by atoms with Gasteiger partial charge in [-0.2, -0.15) is 0 Å². The molecule has 0 aliphatic carbocycles. The molecule has 0 radical (unpaired) electrons. The maximum atomic E-state index is 12.3. The van der Waals surface area contributed by atoms with Crippen molar-refractivity contribution >= 4 is 18.3 Å². The molecule has 1 aromatic carbocycles. The Morgan fingerprint density at radius 2 is 2.09 bits per heavy atom. The van der Waals surface area contributed by atoms with Gasteiger partial charge in [-0.15, -0.1) is 12.4 Å². The number of likely N-dealkylation sites (N-methyl/N-ethyl adjacent to an activating group) is 1. The first-order chi connectivity index (χ1) is 10.3. The van der Waals surface area contributed by atoms with E-state index in [9.17, 15) is 4.79 Å². The maximum Gasteiger partial charge on any atom is 0.239 e. The lowest BCUT2D eigenvalue weighted by Gasteiger charge is -2.28. The largest absolute Gasteiger partial charge is 0.497 e. The Labute approximate surface area is 146 Å². The summed E-state index contributed by atoms with van der Waals surface area (Å²) in [6, 6.07) is 7.96. The highest BCUT2D eigenvalue weighted by atomic mass is 35.5. The van der Waals surface area contributed by atoms with Crippen LogP contribution in [0.25, 0.3) is 0 Å². The Hall–Kier alpha value is -1.30. The van der Waals surface area contributed by atoms with Crippen molar-refractivity contribution in [3.63, 3.8) is 0 Å². The molecule has 1 amide bonds. The molecule has 5 nitrogen and oxygen atoms in total. The van der Waals surface area contributed by atoms with Crippen LogP contribution in [0.15, 0.2) is 24.3 Å². The monoisotopic (exact) mass is 343 g/mol. The SMILES string of the molecule is CCCC(C)(N)C(=O)NCC(c1cccc(OC)c1)N(C)C.Cl. The lowest BCUT2D eigenvalue weighted by molar-refractivity contribution is -0.126. The second-order valence-corrected chi connectivity index (χ2v) is 6.13. The number of rotatable bonds is 8. The molecule has 0 spiro atoms. The minimum absolute atomic E-state index is 0. The van der Waals surface area contributed by atoms with Gasteiger partial charge in [0.25, 0.3) is 0 Å². The van der Waals surface area contributed by atoms with Crippen molar-refractivity contribution in [2.24, 2.45) is 5.73 Å². The van der Waals surface area contributed by atoms with Crippen LogP contribution in [0.5, 0.6) is 5.75 Å². The molecule has 1 rings (SSSR count). The van der Waals surface area contributed by atoms with E-state index in [2.05, 4.69) is 10.2 Å². The number of nitrogens with zero attached hydrogens (tertiary/aromatic N) is 1. The van der Waals surface area contributed by atoms with Crippen molar-refractivity contribution in [3.05, 3.63) is 29.8 Å². The third-order valence-corrected chi connectivity index (χ3v) is 3.85. The van der Waals surface area contributed by atoms with E-state index in [1.165, 1.54) is 0 Å². The number of amides is 1. The highest BCUT2D eigenvalue weighted by molar-refractivity contribution is 5.85. The predicted octanol–water partition coefficient (Wildman–Crippen LogP) is 2.35. The van der Waals surface area contributed by atoms with Gasteiger partial charge >= 0.3 is 0 Å². The number of ether oxygens (including phenoxy) is 1. The Kier molecular flexibility index (Phi) is 9.20. The van der Waals surface area contributed by atoms with Crippen molar-refractivity contribution in [1.29, 1.82) is 0 Å². The summed E-state index contributed by atoms with van der Waals surface area (Å²) in [7, 11) is 5.63. The van der Waals surface area contributed by atoms with Crippen LogP contribution >= 0.6 is 12.4 Å². The normalized spacial score (nSPS) is 14.6. The summed E-state index contributed by atoms with van der Waals surface area (Å²) in [5.74, 6) is 0.703. The number of benzene rings is 1. The summed E-state index contributed by atoms with van der Waals surface area (Å²) in [5.41, 5.74) is 6.35. The van der Waals surface area contributed by atoms with Gasteiger partial charge in [-0.1, -0.05) is 25.5 Å². The highest BCUT2D eigenvalue weighted by Crippen LogP contribution is 2.22. The van der Waals surface area contributed by atoms with Crippen molar-refractivity contribution in [2.75, 3.05) is 27.7 Å². The molecule has 0 aliphatic heterocycles. The zero-order valence-electron chi connectivity index (χ0n) is 14.8. The summed E-state index contributed by atoms with van der Waals surface area (Å²) in [5, 5.41) is 2.98. The van der Waals surface area contributed by atoms with Gasteiger partial charge in [0.05, 0.1) is 18.7 Å². The average molecular weight is 344 g/mol. The molecule has 0 bridgehead atoms. The molecule has 6 heteroatoms. The van der Waals surface area contributed by atoms with Crippen LogP contribution in [0.3, 0.4) is 0 Å².